The van der Waals surface area contributed by atoms with Crippen LogP contribution < -0.4 is 0 Å². The van der Waals surface area contributed by atoms with Gasteiger partial charge in [0.1, 0.15) is 6.10 Å². The smallest absolute Gasteiger partial charge is 0.303 e. The van der Waals surface area contributed by atoms with Gasteiger partial charge in [-0.3, -0.25) is 9.59 Å². The number of fused-ring (bicyclic) bond motifs is 5. The van der Waals surface area contributed by atoms with Crippen molar-refractivity contribution in [2.75, 3.05) is 0 Å². The topological polar surface area (TPSA) is 74.6 Å². The highest BCUT2D eigenvalue weighted by Gasteiger charge is 2.62. The van der Waals surface area contributed by atoms with E-state index in [4.69, 9.17) is 0 Å². The lowest BCUT2D eigenvalue weighted by atomic mass is 9.43. The highest BCUT2D eigenvalue weighted by molar-refractivity contribution is 5.96. The number of rotatable bonds is 3. The van der Waals surface area contributed by atoms with Crippen LogP contribution in [-0.4, -0.2) is 28.1 Å². The Labute approximate surface area is 168 Å². The molecule has 154 valence electrons. The van der Waals surface area contributed by atoms with Crippen molar-refractivity contribution < 1.29 is 19.8 Å². The molecule has 8 atom stereocenters. The molecule has 0 aromatic rings. The molecule has 0 radical (unpaired) electrons. The standard InChI is InChI=1S/C24H34O4/c1-5-16-22(28)20(25)12-19-13(2)10-15-17-7-6-14(11-21(26)27)23(17,3)9-8-18(15)24(16,19)4/h12,14-18,22,28H,2,5-11H2,1,3-4H3,(H,26,27)/t14?,15-,16?,17-,18+,22?,23+,24+/m0/s1. The Morgan fingerprint density at radius 1 is 1.25 bits per heavy atom. The molecule has 28 heavy (non-hydrogen) atoms. The van der Waals surface area contributed by atoms with Crippen molar-refractivity contribution in [2.24, 2.45) is 40.4 Å². The Bertz CT molecular complexity index is 752. The molecule has 4 rings (SSSR count). The van der Waals surface area contributed by atoms with Crippen molar-refractivity contribution in [1.29, 1.82) is 0 Å². The molecule has 0 spiro atoms. The number of aliphatic carboxylic acids is 1. The van der Waals surface area contributed by atoms with Crippen LogP contribution in [0.15, 0.2) is 23.8 Å². The first-order valence-electron chi connectivity index (χ1n) is 11.0. The second kappa shape index (κ2) is 6.55. The summed E-state index contributed by atoms with van der Waals surface area (Å²) < 4.78 is 0. The Morgan fingerprint density at radius 3 is 2.61 bits per heavy atom. The van der Waals surface area contributed by atoms with Gasteiger partial charge >= 0.3 is 5.97 Å². The van der Waals surface area contributed by atoms with E-state index in [0.29, 0.717) is 17.8 Å². The monoisotopic (exact) mass is 386 g/mol. The van der Waals surface area contributed by atoms with Crippen molar-refractivity contribution in [2.45, 2.75) is 71.8 Å². The zero-order chi connectivity index (χ0) is 20.4. The van der Waals surface area contributed by atoms with E-state index in [0.717, 1.165) is 49.7 Å². The lowest BCUT2D eigenvalue weighted by Crippen LogP contribution is -2.57. The number of carboxylic acids is 1. The fourth-order valence-electron chi connectivity index (χ4n) is 8.08. The van der Waals surface area contributed by atoms with E-state index in [2.05, 4.69) is 27.4 Å². The van der Waals surface area contributed by atoms with Gasteiger partial charge in [0.05, 0.1) is 0 Å². The zero-order valence-corrected chi connectivity index (χ0v) is 17.4. The van der Waals surface area contributed by atoms with E-state index >= 15 is 0 Å². The summed E-state index contributed by atoms with van der Waals surface area (Å²) in [5.41, 5.74) is 2.02. The number of carbonyl (C=O) groups excluding carboxylic acids is 1. The van der Waals surface area contributed by atoms with Crippen LogP contribution in [0.2, 0.25) is 0 Å². The minimum absolute atomic E-state index is 0.0647. The molecule has 0 heterocycles. The lowest BCUT2D eigenvalue weighted by Gasteiger charge is -2.61. The van der Waals surface area contributed by atoms with Crippen molar-refractivity contribution in [3.63, 3.8) is 0 Å². The highest BCUT2D eigenvalue weighted by atomic mass is 16.4. The van der Waals surface area contributed by atoms with Gasteiger partial charge in [0, 0.05) is 17.8 Å². The summed E-state index contributed by atoms with van der Waals surface area (Å²) in [6, 6.07) is 0. The third-order valence-electron chi connectivity index (χ3n) is 9.44. The summed E-state index contributed by atoms with van der Waals surface area (Å²) in [7, 11) is 0. The summed E-state index contributed by atoms with van der Waals surface area (Å²) in [4.78, 5) is 23.8. The molecule has 0 amide bonds. The number of hydrogen-bond donors (Lipinski definition) is 2. The second-order valence-corrected chi connectivity index (χ2v) is 10.3. The van der Waals surface area contributed by atoms with Crippen LogP contribution in [-0.2, 0) is 9.59 Å². The first-order valence-corrected chi connectivity index (χ1v) is 11.0. The SMILES string of the molecule is C=C1C[C@@H]2[C@@H](CC[C@]3(C)C(CC(=O)O)CC[C@@H]23)[C@]2(C)C1=CC(=O)C(O)C2CC. The predicted octanol–water partition coefficient (Wildman–Crippen LogP) is 4.38. The molecule has 4 heteroatoms. The van der Waals surface area contributed by atoms with Gasteiger partial charge in [-0.25, -0.2) is 0 Å². The van der Waals surface area contributed by atoms with Crippen LogP contribution >= 0.6 is 0 Å². The number of carbonyl (C=O) groups is 2. The molecule has 3 saturated carbocycles. The average Bonchev–Trinajstić information content (AvgIpc) is 2.94. The predicted molar refractivity (Wildman–Crippen MR) is 108 cm³/mol. The Kier molecular flexibility index (Phi) is 4.65. The van der Waals surface area contributed by atoms with E-state index in [9.17, 15) is 19.8 Å². The third-order valence-corrected chi connectivity index (χ3v) is 9.44. The van der Waals surface area contributed by atoms with Crippen LogP contribution in [0.5, 0.6) is 0 Å². The van der Waals surface area contributed by atoms with Crippen LogP contribution in [0.1, 0.15) is 65.7 Å². The van der Waals surface area contributed by atoms with Gasteiger partial charge in [-0.15, -0.1) is 0 Å². The largest absolute Gasteiger partial charge is 0.481 e. The van der Waals surface area contributed by atoms with Crippen LogP contribution in [0.25, 0.3) is 0 Å². The molecule has 4 aliphatic rings. The summed E-state index contributed by atoms with van der Waals surface area (Å²) in [6.07, 6.45) is 6.92. The molecule has 0 aromatic carbocycles. The van der Waals surface area contributed by atoms with Gasteiger partial charge in [0.2, 0.25) is 0 Å². The van der Waals surface area contributed by atoms with E-state index in [1.54, 1.807) is 6.08 Å². The van der Waals surface area contributed by atoms with Gasteiger partial charge in [0.25, 0.3) is 0 Å². The van der Waals surface area contributed by atoms with Crippen molar-refractivity contribution in [3.8, 4) is 0 Å². The Morgan fingerprint density at radius 2 is 1.96 bits per heavy atom. The maximum Gasteiger partial charge on any atom is 0.303 e. The minimum Gasteiger partial charge on any atom is -0.481 e. The number of carboxylic acid groups (broad SMARTS) is 1. The van der Waals surface area contributed by atoms with Gasteiger partial charge < -0.3 is 10.2 Å². The summed E-state index contributed by atoms with van der Waals surface area (Å²) in [6.45, 7) is 11.0. The van der Waals surface area contributed by atoms with E-state index < -0.39 is 12.1 Å². The molecule has 3 fully saturated rings. The Balaban J connectivity index is 1.73. The highest BCUT2D eigenvalue weighted by Crippen LogP contribution is 2.68. The molecule has 4 nitrogen and oxygen atoms in total. The molecular weight excluding hydrogens is 352 g/mol. The molecule has 0 bridgehead atoms. The molecule has 4 aliphatic carbocycles. The van der Waals surface area contributed by atoms with E-state index in [-0.39, 0.29) is 34.9 Å². The van der Waals surface area contributed by atoms with Gasteiger partial charge in [-0.2, -0.15) is 0 Å². The number of hydrogen-bond acceptors (Lipinski definition) is 3. The first-order chi connectivity index (χ1) is 13.1. The van der Waals surface area contributed by atoms with E-state index in [1.165, 1.54) is 0 Å². The van der Waals surface area contributed by atoms with Crippen molar-refractivity contribution in [1.82, 2.24) is 0 Å². The van der Waals surface area contributed by atoms with Crippen LogP contribution in [0.3, 0.4) is 0 Å². The average molecular weight is 387 g/mol. The number of ketones is 1. The van der Waals surface area contributed by atoms with Gasteiger partial charge in [0.15, 0.2) is 5.78 Å². The molecule has 2 N–H and O–H groups in total. The summed E-state index contributed by atoms with van der Waals surface area (Å²) >= 11 is 0. The number of aliphatic hydroxyl groups is 1. The first kappa shape index (κ1) is 19.9. The normalized spacial score (nSPS) is 47.8. The zero-order valence-electron chi connectivity index (χ0n) is 17.4. The van der Waals surface area contributed by atoms with Crippen LogP contribution in [0.4, 0.5) is 0 Å². The third kappa shape index (κ3) is 2.52. The lowest BCUT2D eigenvalue weighted by molar-refractivity contribution is -0.141. The quantitative estimate of drug-likeness (QED) is 0.755. The molecule has 0 aromatic heterocycles. The Hall–Kier alpha value is -1.42. The summed E-state index contributed by atoms with van der Waals surface area (Å²) in [5.74, 6) is 0.763. The van der Waals surface area contributed by atoms with Crippen LogP contribution in [0, 0.1) is 40.4 Å². The van der Waals surface area contributed by atoms with Crippen molar-refractivity contribution in [3.05, 3.63) is 23.8 Å². The van der Waals surface area contributed by atoms with Gasteiger partial charge in [-0.05, 0) is 79.3 Å². The summed E-state index contributed by atoms with van der Waals surface area (Å²) in [5, 5.41) is 20.1. The molecule has 0 saturated heterocycles. The minimum atomic E-state index is -0.915. The fourth-order valence-corrected chi connectivity index (χ4v) is 8.08. The maximum atomic E-state index is 12.4. The van der Waals surface area contributed by atoms with Gasteiger partial charge in [-0.1, -0.05) is 32.9 Å². The molecule has 0 aliphatic heterocycles. The number of aliphatic hydroxyl groups excluding tert-OH is 1. The molecular formula is C24H34O4. The second-order valence-electron chi connectivity index (χ2n) is 10.3. The maximum absolute atomic E-state index is 12.4. The fraction of sp³-hybridized carbons (Fsp3) is 0.750. The van der Waals surface area contributed by atoms with Crippen molar-refractivity contribution >= 4 is 11.8 Å². The molecule has 3 unspecified atom stereocenters. The van der Waals surface area contributed by atoms with E-state index in [1.807, 2.05) is 0 Å². The number of allylic oxidation sites excluding steroid dienone is 2.